The van der Waals surface area contributed by atoms with Crippen LogP contribution in [0.25, 0.3) is 0 Å². The zero-order valence-electron chi connectivity index (χ0n) is 11.4. The van der Waals surface area contributed by atoms with Crippen molar-refractivity contribution in [3.63, 3.8) is 0 Å². The molecule has 5 nitrogen and oxygen atoms in total. The standard InChI is InChI=1S/C14H12Cl2N2O3S/c1-17-14(19)10-4-2-3-5-13(10)18-22(20,21)9-6-7-11(15)12(16)8-9/h2-8,18H,1H3,(H,17,19). The summed E-state index contributed by atoms with van der Waals surface area (Å²) >= 11 is 11.6. The Bertz CT molecular complexity index is 823. The molecule has 2 rings (SSSR count). The molecule has 0 aromatic heterocycles. The van der Waals surface area contributed by atoms with Gasteiger partial charge in [0.25, 0.3) is 15.9 Å². The average molecular weight is 359 g/mol. The zero-order chi connectivity index (χ0) is 16.3. The molecular weight excluding hydrogens is 347 g/mol. The predicted octanol–water partition coefficient (Wildman–Crippen LogP) is 3.15. The third-order valence-corrected chi connectivity index (χ3v) is 4.95. The van der Waals surface area contributed by atoms with E-state index in [1.807, 2.05) is 0 Å². The number of sulfonamides is 1. The highest BCUT2D eigenvalue weighted by atomic mass is 35.5. The number of para-hydroxylation sites is 1. The summed E-state index contributed by atoms with van der Waals surface area (Å²) in [6, 6.07) is 10.3. The molecule has 2 N–H and O–H groups in total. The molecule has 0 aliphatic carbocycles. The summed E-state index contributed by atoms with van der Waals surface area (Å²) in [4.78, 5) is 11.7. The number of carbonyl (C=O) groups excluding carboxylic acids is 1. The Labute approximate surface area is 138 Å². The van der Waals surface area contributed by atoms with Gasteiger partial charge in [-0.3, -0.25) is 9.52 Å². The van der Waals surface area contributed by atoms with Crippen LogP contribution in [0.2, 0.25) is 10.0 Å². The van der Waals surface area contributed by atoms with Gasteiger partial charge in [-0.1, -0.05) is 35.3 Å². The van der Waals surface area contributed by atoms with Crippen LogP contribution in [0.1, 0.15) is 10.4 Å². The van der Waals surface area contributed by atoms with Crippen molar-refractivity contribution in [3.05, 3.63) is 58.1 Å². The van der Waals surface area contributed by atoms with Crippen LogP contribution < -0.4 is 10.0 Å². The first-order valence-electron chi connectivity index (χ1n) is 6.14. The van der Waals surface area contributed by atoms with E-state index in [0.717, 1.165) is 0 Å². The number of hydrogen-bond acceptors (Lipinski definition) is 3. The molecule has 0 aliphatic heterocycles. The first-order valence-corrected chi connectivity index (χ1v) is 8.38. The highest BCUT2D eigenvalue weighted by molar-refractivity contribution is 7.92. The fraction of sp³-hybridized carbons (Fsp3) is 0.0714. The molecule has 0 heterocycles. The Balaban J connectivity index is 2.41. The molecule has 0 bridgehead atoms. The van der Waals surface area contributed by atoms with Gasteiger partial charge in [0.05, 0.1) is 26.2 Å². The van der Waals surface area contributed by atoms with Crippen LogP contribution in [0, 0.1) is 0 Å². The Morgan fingerprint density at radius 1 is 1.05 bits per heavy atom. The molecule has 2 aromatic rings. The van der Waals surface area contributed by atoms with Crippen LogP contribution in [-0.2, 0) is 10.0 Å². The maximum absolute atomic E-state index is 12.4. The first kappa shape index (κ1) is 16.6. The van der Waals surface area contributed by atoms with Crippen molar-refractivity contribution < 1.29 is 13.2 Å². The third-order valence-electron chi connectivity index (χ3n) is 2.84. The fourth-order valence-electron chi connectivity index (χ4n) is 1.75. The molecule has 1 amide bonds. The summed E-state index contributed by atoms with van der Waals surface area (Å²) in [7, 11) is -2.43. The lowest BCUT2D eigenvalue weighted by molar-refractivity contribution is 0.0964. The lowest BCUT2D eigenvalue weighted by Crippen LogP contribution is -2.21. The van der Waals surface area contributed by atoms with E-state index in [0.29, 0.717) is 0 Å². The second-order valence-corrected chi connectivity index (χ2v) is 6.80. The molecule has 0 fully saturated rings. The van der Waals surface area contributed by atoms with Crippen LogP contribution in [0.3, 0.4) is 0 Å². The number of anilines is 1. The summed E-state index contributed by atoms with van der Waals surface area (Å²) in [6.07, 6.45) is 0. The SMILES string of the molecule is CNC(=O)c1ccccc1NS(=O)(=O)c1ccc(Cl)c(Cl)c1. The quantitative estimate of drug-likeness (QED) is 0.881. The minimum atomic E-state index is -3.89. The second-order valence-electron chi connectivity index (χ2n) is 4.31. The van der Waals surface area contributed by atoms with E-state index >= 15 is 0 Å². The van der Waals surface area contributed by atoms with Gasteiger partial charge in [-0.25, -0.2) is 8.42 Å². The van der Waals surface area contributed by atoms with Gasteiger partial charge in [0, 0.05) is 7.05 Å². The minimum absolute atomic E-state index is 0.0476. The number of benzene rings is 2. The van der Waals surface area contributed by atoms with Crippen molar-refractivity contribution in [2.75, 3.05) is 11.8 Å². The van der Waals surface area contributed by atoms with Crippen molar-refractivity contribution in [1.29, 1.82) is 0 Å². The van der Waals surface area contributed by atoms with Crippen LogP contribution >= 0.6 is 23.2 Å². The summed E-state index contributed by atoms with van der Waals surface area (Å²) in [5.74, 6) is -0.396. The highest BCUT2D eigenvalue weighted by Gasteiger charge is 2.19. The number of carbonyl (C=O) groups is 1. The lowest BCUT2D eigenvalue weighted by atomic mass is 10.2. The van der Waals surface area contributed by atoms with Gasteiger partial charge in [-0.05, 0) is 30.3 Å². The number of amides is 1. The van der Waals surface area contributed by atoms with Gasteiger partial charge in [0.1, 0.15) is 0 Å². The van der Waals surface area contributed by atoms with Crippen molar-refractivity contribution in [2.45, 2.75) is 4.90 Å². The van der Waals surface area contributed by atoms with Crippen LogP contribution in [0.5, 0.6) is 0 Å². The lowest BCUT2D eigenvalue weighted by Gasteiger charge is -2.12. The second kappa shape index (κ2) is 6.56. The van der Waals surface area contributed by atoms with Crippen molar-refractivity contribution in [3.8, 4) is 0 Å². The maximum atomic E-state index is 12.4. The Morgan fingerprint density at radius 2 is 1.73 bits per heavy atom. The Morgan fingerprint density at radius 3 is 2.36 bits per heavy atom. The van der Waals surface area contributed by atoms with Gasteiger partial charge < -0.3 is 5.32 Å². The minimum Gasteiger partial charge on any atom is -0.355 e. The number of nitrogens with one attached hydrogen (secondary N) is 2. The molecule has 0 saturated carbocycles. The van der Waals surface area contributed by atoms with Gasteiger partial charge in [-0.2, -0.15) is 0 Å². The third kappa shape index (κ3) is 3.52. The molecule has 0 atom stereocenters. The van der Waals surface area contributed by atoms with E-state index in [-0.39, 0.29) is 26.2 Å². The van der Waals surface area contributed by atoms with Crippen LogP contribution in [0.4, 0.5) is 5.69 Å². The molecule has 0 saturated heterocycles. The molecule has 116 valence electrons. The molecule has 0 spiro atoms. The van der Waals surface area contributed by atoms with E-state index in [1.54, 1.807) is 12.1 Å². The number of hydrogen-bond donors (Lipinski definition) is 2. The Kier molecular flexibility index (Phi) is 4.95. The molecule has 8 heteroatoms. The van der Waals surface area contributed by atoms with Crippen molar-refractivity contribution in [2.24, 2.45) is 0 Å². The fourth-order valence-corrected chi connectivity index (χ4v) is 3.22. The number of rotatable bonds is 4. The van der Waals surface area contributed by atoms with E-state index in [4.69, 9.17) is 23.2 Å². The topological polar surface area (TPSA) is 75.3 Å². The van der Waals surface area contributed by atoms with E-state index in [2.05, 4.69) is 10.0 Å². The van der Waals surface area contributed by atoms with E-state index < -0.39 is 15.9 Å². The first-order chi connectivity index (χ1) is 10.3. The predicted molar refractivity (Wildman–Crippen MR) is 87.1 cm³/mol. The van der Waals surface area contributed by atoms with Crippen molar-refractivity contribution in [1.82, 2.24) is 5.32 Å². The molecular formula is C14H12Cl2N2O3S. The van der Waals surface area contributed by atoms with Crippen molar-refractivity contribution >= 4 is 44.8 Å². The zero-order valence-corrected chi connectivity index (χ0v) is 13.8. The van der Waals surface area contributed by atoms with Crippen LogP contribution in [0.15, 0.2) is 47.4 Å². The summed E-state index contributed by atoms with van der Waals surface area (Å²) in [5.41, 5.74) is 0.390. The highest BCUT2D eigenvalue weighted by Crippen LogP contribution is 2.26. The summed E-state index contributed by atoms with van der Waals surface area (Å²) in [6.45, 7) is 0. The largest absolute Gasteiger partial charge is 0.355 e. The summed E-state index contributed by atoms with van der Waals surface area (Å²) < 4.78 is 27.1. The average Bonchev–Trinajstić information content (AvgIpc) is 2.49. The Hall–Kier alpha value is -1.76. The van der Waals surface area contributed by atoms with E-state index in [1.165, 1.54) is 37.4 Å². The van der Waals surface area contributed by atoms with Gasteiger partial charge in [0.15, 0.2) is 0 Å². The van der Waals surface area contributed by atoms with Gasteiger partial charge in [0.2, 0.25) is 0 Å². The maximum Gasteiger partial charge on any atom is 0.261 e. The molecule has 0 radical (unpaired) electrons. The monoisotopic (exact) mass is 358 g/mol. The molecule has 22 heavy (non-hydrogen) atoms. The normalized spacial score (nSPS) is 11.0. The molecule has 0 unspecified atom stereocenters. The summed E-state index contributed by atoms with van der Waals surface area (Å²) in [5, 5.41) is 2.84. The molecule has 2 aromatic carbocycles. The van der Waals surface area contributed by atoms with Gasteiger partial charge in [-0.15, -0.1) is 0 Å². The number of halogens is 2. The smallest absolute Gasteiger partial charge is 0.261 e. The van der Waals surface area contributed by atoms with E-state index in [9.17, 15) is 13.2 Å². The van der Waals surface area contributed by atoms with Crippen LogP contribution in [-0.4, -0.2) is 21.4 Å². The molecule has 0 aliphatic rings. The van der Waals surface area contributed by atoms with Gasteiger partial charge >= 0.3 is 0 Å².